The molecular formula is C18H17N3O2S. The van der Waals surface area contributed by atoms with Crippen molar-refractivity contribution < 1.29 is 9.53 Å². The van der Waals surface area contributed by atoms with Crippen molar-refractivity contribution in [2.75, 3.05) is 6.61 Å². The van der Waals surface area contributed by atoms with Crippen molar-refractivity contribution in [3.05, 3.63) is 77.5 Å². The molecule has 0 aliphatic rings. The molecule has 3 rings (SSSR count). The molecule has 1 amide bonds. The first-order chi connectivity index (χ1) is 11.7. The Balaban J connectivity index is 1.61. The summed E-state index contributed by atoms with van der Waals surface area (Å²) in [5.41, 5.74) is 1.56. The van der Waals surface area contributed by atoms with Crippen LogP contribution in [-0.4, -0.2) is 22.1 Å². The van der Waals surface area contributed by atoms with E-state index in [9.17, 15) is 4.79 Å². The Morgan fingerprint density at radius 1 is 1.29 bits per heavy atom. The number of nitrogens with zero attached hydrogens (tertiary/aromatic N) is 2. The van der Waals surface area contributed by atoms with Gasteiger partial charge >= 0.3 is 0 Å². The summed E-state index contributed by atoms with van der Waals surface area (Å²) in [7, 11) is 0. The Morgan fingerprint density at radius 3 is 2.92 bits per heavy atom. The van der Waals surface area contributed by atoms with E-state index in [4.69, 9.17) is 4.74 Å². The van der Waals surface area contributed by atoms with Crippen LogP contribution < -0.4 is 10.1 Å². The van der Waals surface area contributed by atoms with Gasteiger partial charge in [0, 0.05) is 22.8 Å². The molecule has 0 aliphatic carbocycles. The van der Waals surface area contributed by atoms with Gasteiger partial charge in [-0.05, 0) is 23.6 Å². The molecule has 1 N–H and O–H groups in total. The quantitative estimate of drug-likeness (QED) is 0.719. The number of rotatable bonds is 7. The van der Waals surface area contributed by atoms with E-state index in [0.29, 0.717) is 12.3 Å². The summed E-state index contributed by atoms with van der Waals surface area (Å²) in [6, 6.07) is 11.4. The van der Waals surface area contributed by atoms with Crippen LogP contribution in [0.1, 0.15) is 10.4 Å². The Morgan fingerprint density at radius 2 is 2.17 bits per heavy atom. The molecule has 1 aromatic carbocycles. The molecule has 0 atom stereocenters. The number of hydrogen-bond donors (Lipinski definition) is 1. The van der Waals surface area contributed by atoms with E-state index >= 15 is 0 Å². The van der Waals surface area contributed by atoms with Crippen LogP contribution in [0.15, 0.2) is 67.1 Å². The minimum Gasteiger partial charge on any atom is -0.483 e. The molecule has 0 fully saturated rings. The highest BCUT2D eigenvalue weighted by Gasteiger charge is 2.10. The standard InChI is InChI=1S/C18H17N3O2S/c1-14(21-9-8-19-13-21)16-6-2-3-7-17(16)23-12-18(22)20-11-15-5-4-10-24-15/h2-10,13H,1,11-12H2,(H,20,22). The molecule has 0 radical (unpaired) electrons. The Hall–Kier alpha value is -2.86. The highest BCUT2D eigenvalue weighted by Crippen LogP contribution is 2.25. The topological polar surface area (TPSA) is 56.1 Å². The lowest BCUT2D eigenvalue weighted by molar-refractivity contribution is -0.123. The third-order valence-electron chi connectivity index (χ3n) is 3.41. The molecule has 0 spiro atoms. The van der Waals surface area contributed by atoms with Gasteiger partial charge in [-0.15, -0.1) is 11.3 Å². The first-order valence-corrected chi connectivity index (χ1v) is 8.30. The third kappa shape index (κ3) is 3.91. The second-order valence-corrected chi connectivity index (χ2v) is 6.09. The molecule has 24 heavy (non-hydrogen) atoms. The fraction of sp³-hybridized carbons (Fsp3) is 0.111. The Kier molecular flexibility index (Phi) is 5.08. The van der Waals surface area contributed by atoms with E-state index in [-0.39, 0.29) is 12.5 Å². The summed E-state index contributed by atoms with van der Waals surface area (Å²) in [4.78, 5) is 17.1. The van der Waals surface area contributed by atoms with E-state index < -0.39 is 0 Å². The zero-order chi connectivity index (χ0) is 16.8. The van der Waals surface area contributed by atoms with Crippen LogP contribution in [0.2, 0.25) is 0 Å². The predicted octanol–water partition coefficient (Wildman–Crippen LogP) is 3.16. The summed E-state index contributed by atoms with van der Waals surface area (Å²) in [5, 5.41) is 4.82. The minimum atomic E-state index is -0.161. The van der Waals surface area contributed by atoms with Gasteiger partial charge in [0.1, 0.15) is 5.75 Å². The fourth-order valence-corrected chi connectivity index (χ4v) is 2.83. The second-order valence-electron chi connectivity index (χ2n) is 5.06. The van der Waals surface area contributed by atoms with Gasteiger partial charge in [-0.1, -0.05) is 24.8 Å². The van der Waals surface area contributed by atoms with Gasteiger partial charge in [-0.3, -0.25) is 4.79 Å². The zero-order valence-electron chi connectivity index (χ0n) is 13.0. The van der Waals surface area contributed by atoms with E-state index in [1.165, 1.54) is 0 Å². The van der Waals surface area contributed by atoms with E-state index in [1.807, 2.05) is 48.0 Å². The molecule has 2 aromatic heterocycles. The maximum absolute atomic E-state index is 12.0. The van der Waals surface area contributed by atoms with Crippen LogP contribution in [0.4, 0.5) is 0 Å². The van der Waals surface area contributed by atoms with Gasteiger partial charge < -0.3 is 14.6 Å². The lowest BCUT2D eigenvalue weighted by Crippen LogP contribution is -2.28. The molecule has 0 bridgehead atoms. The number of carbonyl (C=O) groups is 1. The number of nitrogens with one attached hydrogen (secondary N) is 1. The van der Waals surface area contributed by atoms with Gasteiger partial charge in [-0.25, -0.2) is 4.98 Å². The van der Waals surface area contributed by atoms with Crippen LogP contribution >= 0.6 is 11.3 Å². The number of imidazole rings is 1. The number of aromatic nitrogens is 2. The second kappa shape index (κ2) is 7.61. The van der Waals surface area contributed by atoms with Gasteiger partial charge in [0.05, 0.1) is 18.6 Å². The molecule has 0 aliphatic heterocycles. The number of hydrogen-bond acceptors (Lipinski definition) is 4. The maximum Gasteiger partial charge on any atom is 0.258 e. The SMILES string of the molecule is C=C(c1ccccc1OCC(=O)NCc1cccs1)n1ccnc1. The number of para-hydroxylation sites is 1. The van der Waals surface area contributed by atoms with Gasteiger partial charge in [-0.2, -0.15) is 0 Å². The van der Waals surface area contributed by atoms with Crippen molar-refractivity contribution in [1.82, 2.24) is 14.9 Å². The number of amides is 1. The minimum absolute atomic E-state index is 0.0421. The van der Waals surface area contributed by atoms with Crippen LogP contribution in [0, 0.1) is 0 Å². The first-order valence-electron chi connectivity index (χ1n) is 7.42. The maximum atomic E-state index is 12.0. The fourth-order valence-electron chi connectivity index (χ4n) is 2.18. The monoisotopic (exact) mass is 339 g/mol. The summed E-state index contributed by atoms with van der Waals surface area (Å²) in [5.74, 6) is 0.453. The molecule has 2 heterocycles. The average Bonchev–Trinajstić information content (AvgIpc) is 3.31. The summed E-state index contributed by atoms with van der Waals surface area (Å²) < 4.78 is 7.49. The largest absolute Gasteiger partial charge is 0.483 e. The van der Waals surface area contributed by atoms with Crippen molar-refractivity contribution in [2.24, 2.45) is 0 Å². The van der Waals surface area contributed by atoms with Crippen molar-refractivity contribution in [2.45, 2.75) is 6.54 Å². The Bertz CT molecular complexity index is 811. The normalized spacial score (nSPS) is 10.3. The zero-order valence-corrected chi connectivity index (χ0v) is 13.8. The molecule has 0 saturated carbocycles. The van der Waals surface area contributed by atoms with E-state index in [2.05, 4.69) is 16.9 Å². The highest BCUT2D eigenvalue weighted by molar-refractivity contribution is 7.09. The van der Waals surface area contributed by atoms with Crippen molar-refractivity contribution in [3.8, 4) is 5.75 Å². The van der Waals surface area contributed by atoms with Gasteiger partial charge in [0.15, 0.2) is 6.61 Å². The summed E-state index contributed by atoms with van der Waals surface area (Å²) in [6.45, 7) is 4.54. The number of ether oxygens (including phenoxy) is 1. The molecule has 0 unspecified atom stereocenters. The van der Waals surface area contributed by atoms with Crippen molar-refractivity contribution >= 4 is 22.9 Å². The Labute approximate surface area is 144 Å². The van der Waals surface area contributed by atoms with E-state index in [1.54, 1.807) is 28.4 Å². The third-order valence-corrected chi connectivity index (χ3v) is 4.29. The molecule has 5 nitrogen and oxygen atoms in total. The number of benzene rings is 1. The number of thiophene rings is 1. The number of carbonyl (C=O) groups excluding carboxylic acids is 1. The first kappa shape index (κ1) is 16.0. The highest BCUT2D eigenvalue weighted by atomic mass is 32.1. The molecule has 122 valence electrons. The van der Waals surface area contributed by atoms with E-state index in [0.717, 1.165) is 16.1 Å². The van der Waals surface area contributed by atoms with Crippen LogP contribution in [0.3, 0.4) is 0 Å². The lowest BCUT2D eigenvalue weighted by Gasteiger charge is -2.13. The van der Waals surface area contributed by atoms with Crippen molar-refractivity contribution in [1.29, 1.82) is 0 Å². The summed E-state index contributed by atoms with van der Waals surface area (Å²) in [6.07, 6.45) is 5.17. The summed E-state index contributed by atoms with van der Waals surface area (Å²) >= 11 is 1.61. The lowest BCUT2D eigenvalue weighted by atomic mass is 10.1. The van der Waals surface area contributed by atoms with Gasteiger partial charge in [0.2, 0.25) is 0 Å². The van der Waals surface area contributed by atoms with Gasteiger partial charge in [0.25, 0.3) is 5.91 Å². The predicted molar refractivity (Wildman–Crippen MR) is 94.8 cm³/mol. The van der Waals surface area contributed by atoms with Crippen molar-refractivity contribution in [3.63, 3.8) is 0 Å². The molecular weight excluding hydrogens is 322 g/mol. The van der Waals surface area contributed by atoms with Crippen LogP contribution in [0.25, 0.3) is 5.70 Å². The van der Waals surface area contributed by atoms with Crippen LogP contribution in [0.5, 0.6) is 5.75 Å². The molecule has 3 aromatic rings. The molecule has 6 heteroatoms. The molecule has 0 saturated heterocycles. The average molecular weight is 339 g/mol. The van der Waals surface area contributed by atoms with Crippen LogP contribution in [-0.2, 0) is 11.3 Å². The smallest absolute Gasteiger partial charge is 0.258 e.